The number of nitrogens with zero attached hydrogens (tertiary/aromatic N) is 1. The van der Waals surface area contributed by atoms with Crippen LogP contribution in [0.2, 0.25) is 0 Å². The zero-order chi connectivity index (χ0) is 15.2. The molecule has 0 aliphatic rings. The first-order valence-corrected chi connectivity index (χ1v) is 9.05. The van der Waals surface area contributed by atoms with Crippen LogP contribution in [0, 0.1) is 0 Å². The Kier molecular flexibility index (Phi) is 6.27. The molecular formula is C17H23BrN2S. The van der Waals surface area contributed by atoms with Gasteiger partial charge in [-0.1, -0.05) is 28.9 Å². The number of nitrogens with one attached hydrogen (secondary N) is 1. The van der Waals surface area contributed by atoms with Gasteiger partial charge in [0.25, 0.3) is 0 Å². The quantitative estimate of drug-likeness (QED) is 0.723. The Morgan fingerprint density at radius 2 is 2.14 bits per heavy atom. The largest absolute Gasteiger partial charge is 0.369 e. The summed E-state index contributed by atoms with van der Waals surface area (Å²) >= 11 is 5.41. The van der Waals surface area contributed by atoms with Gasteiger partial charge in [0.05, 0.1) is 6.54 Å². The first kappa shape index (κ1) is 16.5. The van der Waals surface area contributed by atoms with Crippen molar-refractivity contribution in [2.75, 3.05) is 18.5 Å². The van der Waals surface area contributed by atoms with Crippen LogP contribution in [0.1, 0.15) is 36.8 Å². The zero-order valence-corrected chi connectivity index (χ0v) is 15.3. The van der Waals surface area contributed by atoms with Crippen LogP contribution in [0.25, 0.3) is 0 Å². The van der Waals surface area contributed by atoms with Crippen molar-refractivity contribution >= 4 is 33.0 Å². The molecule has 0 aliphatic heterocycles. The third kappa shape index (κ3) is 4.56. The van der Waals surface area contributed by atoms with Crippen molar-refractivity contribution < 1.29 is 0 Å². The van der Waals surface area contributed by atoms with Gasteiger partial charge in [-0.25, -0.2) is 0 Å². The number of thiophene rings is 1. The second-order valence-electron chi connectivity index (χ2n) is 5.31. The minimum atomic E-state index is 0.350. The van der Waals surface area contributed by atoms with E-state index in [4.69, 9.17) is 0 Å². The van der Waals surface area contributed by atoms with Crippen LogP contribution in [-0.2, 0) is 6.54 Å². The van der Waals surface area contributed by atoms with Gasteiger partial charge in [0.1, 0.15) is 0 Å². The summed E-state index contributed by atoms with van der Waals surface area (Å²) in [6.45, 7) is 6.43. The number of hydrogen-bond donors (Lipinski definition) is 1. The standard InChI is InChI=1S/C17H23BrN2S/c1-4-9-19-13(2)16-11-14(18)7-8-17(16)20(3)12-15-6-5-10-21-15/h5-8,10-11,13,19H,4,9,12H2,1-3H3. The topological polar surface area (TPSA) is 15.3 Å². The lowest BCUT2D eigenvalue weighted by Crippen LogP contribution is -2.23. The summed E-state index contributed by atoms with van der Waals surface area (Å²) in [6.07, 6.45) is 1.15. The van der Waals surface area contributed by atoms with Crippen LogP contribution in [0.3, 0.4) is 0 Å². The van der Waals surface area contributed by atoms with E-state index in [0.29, 0.717) is 6.04 Å². The van der Waals surface area contributed by atoms with Crippen molar-refractivity contribution in [3.8, 4) is 0 Å². The van der Waals surface area contributed by atoms with Crippen LogP contribution in [0.5, 0.6) is 0 Å². The maximum Gasteiger partial charge on any atom is 0.0519 e. The molecule has 0 spiro atoms. The van der Waals surface area contributed by atoms with Crippen molar-refractivity contribution in [2.24, 2.45) is 0 Å². The second kappa shape index (κ2) is 7.97. The normalized spacial score (nSPS) is 12.4. The average Bonchev–Trinajstić information content (AvgIpc) is 2.97. The smallest absolute Gasteiger partial charge is 0.0519 e. The molecule has 0 bridgehead atoms. The highest BCUT2D eigenvalue weighted by Gasteiger charge is 2.14. The maximum absolute atomic E-state index is 3.60. The van der Waals surface area contributed by atoms with Gasteiger partial charge < -0.3 is 10.2 Å². The predicted octanol–water partition coefficient (Wildman–Crippen LogP) is 5.21. The van der Waals surface area contributed by atoms with Crippen LogP contribution in [0.15, 0.2) is 40.2 Å². The van der Waals surface area contributed by atoms with Gasteiger partial charge in [-0.2, -0.15) is 0 Å². The molecule has 114 valence electrons. The molecule has 4 heteroatoms. The molecule has 0 fully saturated rings. The molecule has 1 aromatic carbocycles. The van der Waals surface area contributed by atoms with E-state index >= 15 is 0 Å². The van der Waals surface area contributed by atoms with Crippen LogP contribution in [0.4, 0.5) is 5.69 Å². The van der Waals surface area contributed by atoms with E-state index in [9.17, 15) is 0 Å². The first-order valence-electron chi connectivity index (χ1n) is 7.38. The lowest BCUT2D eigenvalue weighted by molar-refractivity contribution is 0.569. The van der Waals surface area contributed by atoms with E-state index in [1.807, 2.05) is 11.3 Å². The molecule has 1 heterocycles. The Morgan fingerprint density at radius 1 is 1.33 bits per heavy atom. The lowest BCUT2D eigenvalue weighted by Gasteiger charge is -2.25. The SMILES string of the molecule is CCCNC(C)c1cc(Br)ccc1N(C)Cc1cccs1. The molecular weight excluding hydrogens is 344 g/mol. The van der Waals surface area contributed by atoms with Crippen LogP contribution >= 0.6 is 27.3 Å². The fourth-order valence-electron chi connectivity index (χ4n) is 2.41. The van der Waals surface area contributed by atoms with E-state index in [2.05, 4.69) is 82.8 Å². The molecule has 1 unspecified atom stereocenters. The van der Waals surface area contributed by atoms with Crippen LogP contribution in [-0.4, -0.2) is 13.6 Å². The van der Waals surface area contributed by atoms with Crippen LogP contribution < -0.4 is 10.2 Å². The highest BCUT2D eigenvalue weighted by atomic mass is 79.9. The number of hydrogen-bond acceptors (Lipinski definition) is 3. The summed E-state index contributed by atoms with van der Waals surface area (Å²) in [4.78, 5) is 3.72. The van der Waals surface area contributed by atoms with Crippen molar-refractivity contribution in [1.29, 1.82) is 0 Å². The number of benzene rings is 1. The minimum absolute atomic E-state index is 0.350. The highest BCUT2D eigenvalue weighted by Crippen LogP contribution is 2.30. The molecule has 1 N–H and O–H groups in total. The van der Waals surface area contributed by atoms with E-state index in [0.717, 1.165) is 24.0 Å². The number of halogens is 1. The molecule has 0 amide bonds. The predicted molar refractivity (Wildman–Crippen MR) is 97.3 cm³/mol. The van der Waals surface area contributed by atoms with E-state index in [1.54, 1.807) is 0 Å². The minimum Gasteiger partial charge on any atom is -0.369 e. The fourth-order valence-corrected chi connectivity index (χ4v) is 3.55. The van der Waals surface area contributed by atoms with Crippen molar-refractivity contribution in [3.05, 3.63) is 50.6 Å². The molecule has 0 aliphatic carbocycles. The van der Waals surface area contributed by atoms with Gasteiger partial charge >= 0.3 is 0 Å². The maximum atomic E-state index is 3.60. The van der Waals surface area contributed by atoms with Gasteiger partial charge in [0, 0.05) is 28.1 Å². The molecule has 1 aromatic heterocycles. The number of anilines is 1. The lowest BCUT2D eigenvalue weighted by atomic mass is 10.0. The van der Waals surface area contributed by atoms with Crippen molar-refractivity contribution in [2.45, 2.75) is 32.9 Å². The van der Waals surface area contributed by atoms with Crippen molar-refractivity contribution in [1.82, 2.24) is 5.32 Å². The number of rotatable bonds is 7. The molecule has 0 saturated heterocycles. The van der Waals surface area contributed by atoms with Gasteiger partial charge in [0.2, 0.25) is 0 Å². The first-order chi connectivity index (χ1) is 10.1. The molecule has 1 atom stereocenters. The molecule has 21 heavy (non-hydrogen) atoms. The summed E-state index contributed by atoms with van der Waals surface area (Å²) in [7, 11) is 2.17. The second-order valence-corrected chi connectivity index (χ2v) is 7.26. The zero-order valence-electron chi connectivity index (χ0n) is 12.9. The fraction of sp³-hybridized carbons (Fsp3) is 0.412. The third-order valence-electron chi connectivity index (χ3n) is 3.54. The Balaban J connectivity index is 2.21. The molecule has 2 nitrogen and oxygen atoms in total. The molecule has 0 saturated carbocycles. The Morgan fingerprint density at radius 3 is 2.81 bits per heavy atom. The molecule has 2 rings (SSSR count). The van der Waals surface area contributed by atoms with Gasteiger partial charge in [-0.05, 0) is 55.1 Å². The van der Waals surface area contributed by atoms with E-state index in [-0.39, 0.29) is 0 Å². The van der Waals surface area contributed by atoms with Gasteiger partial charge in [-0.15, -0.1) is 11.3 Å². The molecule has 0 radical (unpaired) electrons. The van der Waals surface area contributed by atoms with Crippen molar-refractivity contribution in [3.63, 3.8) is 0 Å². The summed E-state index contributed by atoms with van der Waals surface area (Å²) in [5, 5.41) is 5.72. The van der Waals surface area contributed by atoms with Gasteiger partial charge in [-0.3, -0.25) is 0 Å². The summed E-state index contributed by atoms with van der Waals surface area (Å²) in [6, 6.07) is 11.2. The Bertz CT molecular complexity index is 554. The van der Waals surface area contributed by atoms with E-state index < -0.39 is 0 Å². The highest BCUT2D eigenvalue weighted by molar-refractivity contribution is 9.10. The van der Waals surface area contributed by atoms with Gasteiger partial charge in [0.15, 0.2) is 0 Å². The summed E-state index contributed by atoms with van der Waals surface area (Å²) < 4.78 is 1.14. The summed E-state index contributed by atoms with van der Waals surface area (Å²) in [5.41, 5.74) is 2.64. The third-order valence-corrected chi connectivity index (χ3v) is 4.90. The Hall–Kier alpha value is -0.840. The monoisotopic (exact) mass is 366 g/mol. The average molecular weight is 367 g/mol. The molecule has 2 aromatic rings. The van der Waals surface area contributed by atoms with E-state index in [1.165, 1.54) is 16.1 Å². The Labute approximate surface area is 140 Å². The summed E-state index contributed by atoms with van der Waals surface area (Å²) in [5.74, 6) is 0.